The monoisotopic (exact) mass is 607 g/mol. The molecule has 36 heavy (non-hydrogen) atoms. The van der Waals surface area contributed by atoms with Crippen LogP contribution in [-0.4, -0.2) is 58.0 Å². The molecule has 1 amide bonds. The zero-order chi connectivity index (χ0) is 26.1. The van der Waals surface area contributed by atoms with E-state index in [0.717, 1.165) is 26.6 Å². The third-order valence-electron chi connectivity index (χ3n) is 6.03. The predicted molar refractivity (Wildman–Crippen MR) is 140 cm³/mol. The van der Waals surface area contributed by atoms with E-state index in [1.54, 1.807) is 25.3 Å². The number of amides is 1. The largest absolute Gasteiger partial charge is 0.478 e. The lowest BCUT2D eigenvalue weighted by molar-refractivity contribution is 0.0697. The molecule has 1 saturated heterocycles. The molecule has 1 aliphatic heterocycles. The Labute approximate surface area is 220 Å². The summed E-state index contributed by atoms with van der Waals surface area (Å²) in [5, 5.41) is 12.4. The number of aryl methyl sites for hydroxylation is 3. The SMILES string of the molecule is Cc1cnc(C)c(N2CCN(C(=O)c3cc(C(=O)O)c(Nc4ccc(I)cc4C)c(F)c3F)CC2)n1. The highest BCUT2D eigenvalue weighted by Crippen LogP contribution is 2.31. The minimum absolute atomic E-state index is 0.235. The first kappa shape index (κ1) is 25.7. The second-order valence-electron chi connectivity index (χ2n) is 8.56. The summed E-state index contributed by atoms with van der Waals surface area (Å²) < 4.78 is 31.2. The van der Waals surface area contributed by atoms with Crippen LogP contribution >= 0.6 is 22.6 Å². The van der Waals surface area contributed by atoms with E-state index < -0.39 is 40.3 Å². The Morgan fingerprint density at radius 1 is 1.03 bits per heavy atom. The number of anilines is 3. The van der Waals surface area contributed by atoms with E-state index in [2.05, 4.69) is 37.9 Å². The molecule has 0 atom stereocenters. The standard InChI is InChI=1S/C25H24F2IN5O3/c1-13-10-16(28)4-5-19(13)31-22-18(25(35)36)11-17(20(26)21(22)27)24(34)33-8-6-32(7-9-33)23-15(3)29-12-14(2)30-23/h4-5,10-12,31H,6-9H2,1-3H3,(H,35,36). The lowest BCUT2D eigenvalue weighted by Gasteiger charge is -2.36. The van der Waals surface area contributed by atoms with Gasteiger partial charge in [-0.2, -0.15) is 0 Å². The van der Waals surface area contributed by atoms with Gasteiger partial charge in [0.2, 0.25) is 0 Å². The van der Waals surface area contributed by atoms with Crippen LogP contribution in [0.15, 0.2) is 30.5 Å². The van der Waals surface area contributed by atoms with Crippen LogP contribution < -0.4 is 10.2 Å². The summed E-state index contributed by atoms with van der Waals surface area (Å²) in [5.41, 5.74) is 1.01. The number of halogens is 3. The normalized spacial score (nSPS) is 13.6. The molecule has 2 aromatic carbocycles. The summed E-state index contributed by atoms with van der Waals surface area (Å²) in [6, 6.07) is 6.12. The van der Waals surface area contributed by atoms with Gasteiger partial charge in [0.05, 0.1) is 28.2 Å². The number of carboxylic acid groups (broad SMARTS) is 1. The summed E-state index contributed by atoms with van der Waals surface area (Å²) in [6.45, 7) is 6.77. The van der Waals surface area contributed by atoms with Gasteiger partial charge in [-0.15, -0.1) is 0 Å². The van der Waals surface area contributed by atoms with Crippen molar-refractivity contribution >= 4 is 51.7 Å². The van der Waals surface area contributed by atoms with Crippen LogP contribution in [0.4, 0.5) is 26.0 Å². The fraction of sp³-hybridized carbons (Fsp3) is 0.280. The minimum atomic E-state index is -1.48. The van der Waals surface area contributed by atoms with Gasteiger partial charge in [0.25, 0.3) is 5.91 Å². The molecule has 2 N–H and O–H groups in total. The molecule has 0 unspecified atom stereocenters. The molecule has 0 spiro atoms. The second-order valence-corrected chi connectivity index (χ2v) is 9.81. The maximum Gasteiger partial charge on any atom is 0.337 e. The molecule has 8 nitrogen and oxygen atoms in total. The molecular formula is C25H24F2IN5O3. The molecular weight excluding hydrogens is 583 g/mol. The van der Waals surface area contributed by atoms with Crippen LogP contribution in [0.5, 0.6) is 0 Å². The van der Waals surface area contributed by atoms with E-state index >= 15 is 8.78 Å². The van der Waals surface area contributed by atoms with Gasteiger partial charge < -0.3 is 20.2 Å². The molecule has 0 aliphatic carbocycles. The highest BCUT2D eigenvalue weighted by Gasteiger charge is 2.30. The van der Waals surface area contributed by atoms with Gasteiger partial charge in [-0.05, 0) is 73.2 Å². The van der Waals surface area contributed by atoms with E-state index in [1.165, 1.54) is 4.90 Å². The lowest BCUT2D eigenvalue weighted by Crippen LogP contribution is -2.49. The first-order valence-electron chi connectivity index (χ1n) is 11.2. The number of benzene rings is 2. The summed E-state index contributed by atoms with van der Waals surface area (Å²) in [7, 11) is 0. The van der Waals surface area contributed by atoms with Crippen molar-refractivity contribution in [2.45, 2.75) is 20.8 Å². The number of carbonyl (C=O) groups is 2. The third kappa shape index (κ3) is 5.11. The number of nitrogens with zero attached hydrogens (tertiary/aromatic N) is 4. The number of nitrogens with one attached hydrogen (secondary N) is 1. The average Bonchev–Trinajstić information content (AvgIpc) is 2.84. The zero-order valence-electron chi connectivity index (χ0n) is 19.9. The smallest absolute Gasteiger partial charge is 0.337 e. The number of piperazine rings is 1. The van der Waals surface area contributed by atoms with Crippen molar-refractivity contribution in [1.82, 2.24) is 14.9 Å². The van der Waals surface area contributed by atoms with Gasteiger partial charge in [0, 0.05) is 41.6 Å². The molecule has 0 saturated carbocycles. The Balaban J connectivity index is 1.59. The topological polar surface area (TPSA) is 98.7 Å². The van der Waals surface area contributed by atoms with E-state index in [9.17, 15) is 14.7 Å². The number of carboxylic acids is 1. The van der Waals surface area contributed by atoms with Gasteiger partial charge in [-0.3, -0.25) is 9.78 Å². The van der Waals surface area contributed by atoms with Gasteiger partial charge in [0.15, 0.2) is 11.6 Å². The Morgan fingerprint density at radius 2 is 1.72 bits per heavy atom. The summed E-state index contributed by atoms with van der Waals surface area (Å²) in [6.07, 6.45) is 1.67. The number of rotatable bonds is 5. The molecule has 188 valence electrons. The number of aromatic nitrogens is 2. The van der Waals surface area contributed by atoms with Crippen LogP contribution in [0.3, 0.4) is 0 Å². The molecule has 1 fully saturated rings. The molecule has 1 aromatic heterocycles. The molecule has 3 aromatic rings. The number of hydrogen-bond acceptors (Lipinski definition) is 6. The molecule has 0 bridgehead atoms. The predicted octanol–water partition coefficient (Wildman–Crippen LogP) is 4.69. The highest BCUT2D eigenvalue weighted by molar-refractivity contribution is 14.1. The van der Waals surface area contributed by atoms with E-state index in [-0.39, 0.29) is 13.1 Å². The van der Waals surface area contributed by atoms with Crippen LogP contribution in [0, 0.1) is 36.0 Å². The van der Waals surface area contributed by atoms with Crippen molar-refractivity contribution in [2.24, 2.45) is 0 Å². The average molecular weight is 607 g/mol. The Morgan fingerprint density at radius 3 is 2.36 bits per heavy atom. The molecule has 11 heteroatoms. The van der Waals surface area contributed by atoms with E-state index in [1.807, 2.05) is 24.8 Å². The Hall–Kier alpha value is -3.35. The maximum absolute atomic E-state index is 15.2. The van der Waals surface area contributed by atoms with Gasteiger partial charge >= 0.3 is 5.97 Å². The van der Waals surface area contributed by atoms with Crippen molar-refractivity contribution in [3.8, 4) is 0 Å². The summed E-state index contributed by atoms with van der Waals surface area (Å²) in [5.74, 6) is -4.34. The number of aromatic carboxylic acids is 1. The van der Waals surface area contributed by atoms with Crippen LogP contribution in [0.2, 0.25) is 0 Å². The van der Waals surface area contributed by atoms with Gasteiger partial charge in [-0.25, -0.2) is 18.6 Å². The van der Waals surface area contributed by atoms with Gasteiger partial charge in [-0.1, -0.05) is 0 Å². The number of hydrogen-bond donors (Lipinski definition) is 2. The van der Waals surface area contributed by atoms with Crippen LogP contribution in [0.25, 0.3) is 0 Å². The van der Waals surface area contributed by atoms with E-state index in [0.29, 0.717) is 24.6 Å². The second kappa shape index (κ2) is 10.3. The minimum Gasteiger partial charge on any atom is -0.478 e. The van der Waals surface area contributed by atoms with Gasteiger partial charge in [0.1, 0.15) is 5.82 Å². The number of carbonyl (C=O) groups excluding carboxylic acids is 1. The Kier molecular flexibility index (Phi) is 7.38. The van der Waals surface area contributed by atoms with Crippen molar-refractivity contribution < 1.29 is 23.5 Å². The Bertz CT molecular complexity index is 1360. The highest BCUT2D eigenvalue weighted by atomic mass is 127. The maximum atomic E-state index is 15.2. The van der Waals surface area contributed by atoms with Crippen LogP contribution in [-0.2, 0) is 0 Å². The molecule has 0 radical (unpaired) electrons. The van der Waals surface area contributed by atoms with E-state index in [4.69, 9.17) is 0 Å². The molecule has 4 rings (SSSR count). The third-order valence-corrected chi connectivity index (χ3v) is 6.70. The first-order chi connectivity index (χ1) is 17.1. The fourth-order valence-electron chi connectivity index (χ4n) is 4.09. The van der Waals surface area contributed by atoms with Crippen molar-refractivity contribution in [3.05, 3.63) is 73.7 Å². The van der Waals surface area contributed by atoms with Crippen molar-refractivity contribution in [2.75, 3.05) is 36.4 Å². The fourth-order valence-corrected chi connectivity index (χ4v) is 4.74. The zero-order valence-corrected chi connectivity index (χ0v) is 22.1. The quantitative estimate of drug-likeness (QED) is 0.407. The molecule has 1 aliphatic rings. The van der Waals surface area contributed by atoms with Crippen LogP contribution in [0.1, 0.15) is 37.7 Å². The lowest BCUT2D eigenvalue weighted by atomic mass is 10.0. The summed E-state index contributed by atoms with van der Waals surface area (Å²) in [4.78, 5) is 37.3. The summed E-state index contributed by atoms with van der Waals surface area (Å²) >= 11 is 2.11. The molecule has 2 heterocycles. The van der Waals surface area contributed by atoms with Crippen molar-refractivity contribution in [1.29, 1.82) is 0 Å². The van der Waals surface area contributed by atoms with Crippen molar-refractivity contribution in [3.63, 3.8) is 0 Å². The first-order valence-corrected chi connectivity index (χ1v) is 12.3.